The fraction of sp³-hybridized carbons (Fsp3) is 0.917. The van der Waals surface area contributed by atoms with Crippen LogP contribution in [0.4, 0.5) is 0 Å². The quantitative estimate of drug-likeness (QED) is 0.584. The van der Waals surface area contributed by atoms with Gasteiger partial charge in [0, 0.05) is 36.6 Å². The van der Waals surface area contributed by atoms with Gasteiger partial charge in [0.1, 0.15) is 0 Å². The Hall–Kier alpha value is -0.220. The van der Waals surface area contributed by atoms with E-state index in [0.717, 1.165) is 18.2 Å². The number of nitrogens with two attached hydrogens (primary N) is 1. The molecule has 0 spiro atoms. The summed E-state index contributed by atoms with van der Waals surface area (Å²) >= 11 is 2.08. The monoisotopic (exact) mass is 241 g/mol. The maximum absolute atomic E-state index is 7.45. The molecule has 16 heavy (non-hydrogen) atoms. The van der Waals surface area contributed by atoms with E-state index in [1.165, 1.54) is 25.1 Å². The van der Waals surface area contributed by atoms with Crippen molar-refractivity contribution in [3.8, 4) is 0 Å². The summed E-state index contributed by atoms with van der Waals surface area (Å²) in [4.78, 5) is 2.61. The molecule has 1 saturated carbocycles. The van der Waals surface area contributed by atoms with Crippen molar-refractivity contribution in [2.24, 2.45) is 11.1 Å². The largest absolute Gasteiger partial charge is 0.388 e. The Morgan fingerprint density at radius 1 is 1.50 bits per heavy atom. The molecule has 0 aromatic carbocycles. The normalized spacial score (nSPS) is 33.6. The zero-order valence-corrected chi connectivity index (χ0v) is 11.1. The molecule has 2 aliphatic rings. The molecule has 4 heteroatoms. The van der Waals surface area contributed by atoms with Crippen molar-refractivity contribution in [2.45, 2.75) is 44.4 Å². The Balaban J connectivity index is 1.91. The van der Waals surface area contributed by atoms with Gasteiger partial charge in [-0.2, -0.15) is 11.8 Å². The van der Waals surface area contributed by atoms with Gasteiger partial charge in [0.15, 0.2) is 0 Å². The summed E-state index contributed by atoms with van der Waals surface area (Å²) in [6.45, 7) is 7.02. The Bertz CT molecular complexity index is 275. The van der Waals surface area contributed by atoms with E-state index in [1.807, 2.05) is 0 Å². The molecule has 3 N–H and O–H groups in total. The van der Waals surface area contributed by atoms with Gasteiger partial charge in [-0.05, 0) is 25.2 Å². The van der Waals surface area contributed by atoms with Crippen LogP contribution in [0.3, 0.4) is 0 Å². The van der Waals surface area contributed by atoms with Gasteiger partial charge >= 0.3 is 0 Å². The van der Waals surface area contributed by atoms with Crippen LogP contribution in [0, 0.1) is 10.8 Å². The first-order chi connectivity index (χ1) is 7.52. The van der Waals surface area contributed by atoms with Gasteiger partial charge in [0.2, 0.25) is 0 Å². The summed E-state index contributed by atoms with van der Waals surface area (Å²) in [5.41, 5.74) is 5.91. The maximum atomic E-state index is 7.45. The van der Waals surface area contributed by atoms with Gasteiger partial charge in [0.25, 0.3) is 0 Å². The van der Waals surface area contributed by atoms with Crippen molar-refractivity contribution in [1.29, 1.82) is 5.41 Å². The second kappa shape index (κ2) is 4.57. The lowest BCUT2D eigenvalue weighted by molar-refractivity contribution is 0.173. The molecule has 1 aliphatic heterocycles. The first-order valence-corrected chi connectivity index (χ1v) is 7.26. The van der Waals surface area contributed by atoms with E-state index in [1.54, 1.807) is 0 Å². The Labute approximate surface area is 103 Å². The minimum Gasteiger partial charge on any atom is -0.388 e. The highest BCUT2D eigenvalue weighted by molar-refractivity contribution is 8.00. The zero-order valence-electron chi connectivity index (χ0n) is 10.3. The minimum atomic E-state index is 0.363. The van der Waals surface area contributed by atoms with Crippen LogP contribution in [0.15, 0.2) is 0 Å². The van der Waals surface area contributed by atoms with E-state index < -0.39 is 0 Å². The van der Waals surface area contributed by atoms with Crippen LogP contribution in [0.2, 0.25) is 0 Å². The van der Waals surface area contributed by atoms with E-state index in [4.69, 9.17) is 11.1 Å². The molecule has 0 aromatic rings. The van der Waals surface area contributed by atoms with E-state index in [9.17, 15) is 0 Å². The predicted molar refractivity (Wildman–Crippen MR) is 71.2 cm³/mol. The van der Waals surface area contributed by atoms with Crippen molar-refractivity contribution < 1.29 is 0 Å². The lowest BCUT2D eigenvalue weighted by Crippen LogP contribution is -2.47. The third kappa shape index (κ3) is 2.72. The van der Waals surface area contributed by atoms with Gasteiger partial charge in [-0.25, -0.2) is 0 Å². The lowest BCUT2D eigenvalue weighted by atomic mass is 9.99. The highest BCUT2D eigenvalue weighted by Gasteiger charge is 2.45. The molecule has 92 valence electrons. The van der Waals surface area contributed by atoms with Crippen molar-refractivity contribution in [3.63, 3.8) is 0 Å². The molecule has 2 unspecified atom stereocenters. The van der Waals surface area contributed by atoms with Crippen LogP contribution in [-0.2, 0) is 0 Å². The molecule has 0 bridgehead atoms. The lowest BCUT2D eigenvalue weighted by Gasteiger charge is -2.39. The maximum Gasteiger partial charge on any atom is 0.0911 e. The number of hydrogen-bond donors (Lipinski definition) is 2. The minimum absolute atomic E-state index is 0.363. The number of nitrogens with zero attached hydrogens (tertiary/aromatic N) is 1. The van der Waals surface area contributed by atoms with E-state index in [-0.39, 0.29) is 0 Å². The second-order valence-electron chi connectivity index (χ2n) is 5.49. The molecule has 1 heterocycles. The summed E-state index contributed by atoms with van der Waals surface area (Å²) in [5, 5.41) is 8.19. The fourth-order valence-electron chi connectivity index (χ4n) is 2.62. The van der Waals surface area contributed by atoms with Crippen LogP contribution in [0.5, 0.6) is 0 Å². The Kier molecular flexibility index (Phi) is 3.50. The first-order valence-electron chi connectivity index (χ1n) is 6.21. The molecule has 2 atom stereocenters. The average molecular weight is 241 g/mol. The van der Waals surface area contributed by atoms with Gasteiger partial charge in [0.05, 0.1) is 5.84 Å². The van der Waals surface area contributed by atoms with Crippen LogP contribution in [0.1, 0.15) is 33.1 Å². The molecule has 1 saturated heterocycles. The van der Waals surface area contributed by atoms with E-state index in [2.05, 4.69) is 30.5 Å². The standard InChI is InChI=1S/C12H23N3S/c1-9-10(2)16-6-5-15(9)8-12(3-4-12)7-11(13)14/h9-10H,3-8H2,1-2H3,(H3,13,14). The third-order valence-electron chi connectivity index (χ3n) is 4.08. The number of hydrogen-bond acceptors (Lipinski definition) is 3. The number of thioether (sulfide) groups is 1. The van der Waals surface area contributed by atoms with E-state index >= 15 is 0 Å². The number of nitrogens with one attached hydrogen (secondary N) is 1. The molecule has 0 aromatic heterocycles. The summed E-state index contributed by atoms with van der Waals surface area (Å²) in [6, 6.07) is 0.670. The molecular formula is C12H23N3S. The number of amidine groups is 1. The fourth-order valence-corrected chi connectivity index (χ4v) is 3.78. The molecule has 0 radical (unpaired) electrons. The van der Waals surface area contributed by atoms with E-state index in [0.29, 0.717) is 17.3 Å². The van der Waals surface area contributed by atoms with Crippen LogP contribution >= 0.6 is 11.8 Å². The smallest absolute Gasteiger partial charge is 0.0911 e. The highest BCUT2D eigenvalue weighted by atomic mass is 32.2. The summed E-state index contributed by atoms with van der Waals surface area (Å²) in [6.07, 6.45) is 3.33. The highest BCUT2D eigenvalue weighted by Crippen LogP contribution is 2.50. The van der Waals surface area contributed by atoms with Gasteiger partial charge in [-0.15, -0.1) is 0 Å². The average Bonchev–Trinajstić information content (AvgIpc) is 2.92. The molecule has 0 amide bonds. The SMILES string of the molecule is CC1SCCN(CC2(CC(=N)N)CC2)C1C. The van der Waals surface area contributed by atoms with Gasteiger partial charge in [-0.1, -0.05) is 6.92 Å². The van der Waals surface area contributed by atoms with Crippen LogP contribution in [-0.4, -0.2) is 40.9 Å². The zero-order chi connectivity index (χ0) is 11.8. The molecule has 2 fully saturated rings. The van der Waals surface area contributed by atoms with Crippen molar-refractivity contribution in [3.05, 3.63) is 0 Å². The van der Waals surface area contributed by atoms with Gasteiger partial charge in [-0.3, -0.25) is 10.3 Å². The third-order valence-corrected chi connectivity index (χ3v) is 5.41. The second-order valence-corrected chi connectivity index (χ2v) is 6.97. The number of rotatable bonds is 4. The molecular weight excluding hydrogens is 218 g/mol. The summed E-state index contributed by atoms with van der Waals surface area (Å²) in [7, 11) is 0. The predicted octanol–water partition coefficient (Wildman–Crippen LogP) is 1.92. The molecule has 3 nitrogen and oxygen atoms in total. The van der Waals surface area contributed by atoms with Crippen molar-refractivity contribution in [2.75, 3.05) is 18.8 Å². The van der Waals surface area contributed by atoms with Gasteiger partial charge < -0.3 is 5.73 Å². The van der Waals surface area contributed by atoms with Crippen molar-refractivity contribution >= 4 is 17.6 Å². The topological polar surface area (TPSA) is 53.1 Å². The Morgan fingerprint density at radius 2 is 2.19 bits per heavy atom. The molecule has 1 aliphatic carbocycles. The summed E-state index contributed by atoms with van der Waals surface area (Å²) < 4.78 is 0. The molecule has 2 rings (SSSR count). The van der Waals surface area contributed by atoms with Crippen molar-refractivity contribution in [1.82, 2.24) is 4.90 Å². The van der Waals surface area contributed by atoms with Crippen LogP contribution < -0.4 is 5.73 Å². The Morgan fingerprint density at radius 3 is 2.75 bits per heavy atom. The summed E-state index contributed by atoms with van der Waals surface area (Å²) in [5.74, 6) is 1.62. The first kappa shape index (κ1) is 12.2. The van der Waals surface area contributed by atoms with Crippen LogP contribution in [0.25, 0.3) is 0 Å².